The summed E-state index contributed by atoms with van der Waals surface area (Å²) in [5, 5.41) is 3.16. The highest BCUT2D eigenvalue weighted by atomic mass is 16.5. The van der Waals surface area contributed by atoms with Gasteiger partial charge in [0.25, 0.3) is 5.91 Å². The van der Waals surface area contributed by atoms with Crippen molar-refractivity contribution in [2.75, 3.05) is 19.9 Å². The molecule has 0 spiro atoms. The molecular formula is C16H23N3O2. The molecule has 5 heteroatoms. The Morgan fingerprint density at radius 2 is 2.00 bits per heavy atom. The minimum Gasteiger partial charge on any atom is -0.496 e. The largest absolute Gasteiger partial charge is 0.496 e. The van der Waals surface area contributed by atoms with Gasteiger partial charge in [0.15, 0.2) is 0 Å². The minimum atomic E-state index is -0.0687. The molecule has 3 N–H and O–H groups in total. The predicted molar refractivity (Wildman–Crippen MR) is 82.5 cm³/mol. The number of nitrogens with zero attached hydrogens (tertiary/aromatic N) is 1. The van der Waals surface area contributed by atoms with Crippen LogP contribution in [0.3, 0.4) is 0 Å². The lowest BCUT2D eigenvalue weighted by Crippen LogP contribution is -2.48. The summed E-state index contributed by atoms with van der Waals surface area (Å²) in [6.07, 6.45) is 4.57. The first-order chi connectivity index (χ1) is 10.1. The van der Waals surface area contributed by atoms with Gasteiger partial charge in [-0.05, 0) is 44.9 Å². The number of fused-ring (bicyclic) bond motifs is 2. The van der Waals surface area contributed by atoms with E-state index in [1.807, 2.05) is 0 Å². The van der Waals surface area contributed by atoms with Crippen LogP contribution >= 0.6 is 0 Å². The van der Waals surface area contributed by atoms with Crippen LogP contribution in [0.5, 0.6) is 5.75 Å². The second-order valence-electron chi connectivity index (χ2n) is 6.15. The van der Waals surface area contributed by atoms with E-state index in [2.05, 4.69) is 17.3 Å². The van der Waals surface area contributed by atoms with Gasteiger partial charge < -0.3 is 20.7 Å². The highest BCUT2D eigenvalue weighted by Crippen LogP contribution is 2.34. The van der Waals surface area contributed by atoms with Gasteiger partial charge in [-0.3, -0.25) is 4.79 Å². The molecule has 1 amide bonds. The van der Waals surface area contributed by atoms with Crippen LogP contribution in [0.2, 0.25) is 0 Å². The molecular weight excluding hydrogens is 266 g/mol. The lowest BCUT2D eigenvalue weighted by Gasteiger charge is -2.36. The van der Waals surface area contributed by atoms with Crippen LogP contribution < -0.4 is 15.8 Å². The lowest BCUT2D eigenvalue weighted by molar-refractivity contribution is 0.0879. The molecule has 1 aromatic carbocycles. The molecule has 1 aromatic rings. The van der Waals surface area contributed by atoms with E-state index in [1.165, 1.54) is 12.8 Å². The zero-order chi connectivity index (χ0) is 15.0. The van der Waals surface area contributed by atoms with Crippen LogP contribution in [0.1, 0.15) is 36.0 Å². The van der Waals surface area contributed by atoms with Crippen LogP contribution in [0.15, 0.2) is 18.2 Å². The second-order valence-corrected chi connectivity index (χ2v) is 6.15. The lowest BCUT2D eigenvalue weighted by atomic mass is 9.97. The number of anilines is 1. The number of carbonyl (C=O) groups is 1. The molecule has 0 aliphatic carbocycles. The van der Waals surface area contributed by atoms with Gasteiger partial charge in [-0.1, -0.05) is 0 Å². The minimum absolute atomic E-state index is 0.0687. The second kappa shape index (κ2) is 5.56. The van der Waals surface area contributed by atoms with E-state index in [9.17, 15) is 4.79 Å². The first-order valence-corrected chi connectivity index (χ1v) is 7.54. The van der Waals surface area contributed by atoms with Crippen molar-refractivity contribution < 1.29 is 9.53 Å². The van der Waals surface area contributed by atoms with Gasteiger partial charge in [-0.25, -0.2) is 0 Å². The van der Waals surface area contributed by atoms with Crippen molar-refractivity contribution in [3.05, 3.63) is 23.8 Å². The number of methoxy groups -OCH3 is 1. The summed E-state index contributed by atoms with van der Waals surface area (Å²) in [6.45, 7) is 0. The average Bonchev–Trinajstić information content (AvgIpc) is 2.69. The number of piperidine rings is 1. The number of carbonyl (C=O) groups excluding carboxylic acids is 1. The van der Waals surface area contributed by atoms with E-state index in [1.54, 1.807) is 25.3 Å². The summed E-state index contributed by atoms with van der Waals surface area (Å²) < 4.78 is 5.26. The Hall–Kier alpha value is -1.75. The van der Waals surface area contributed by atoms with Crippen molar-refractivity contribution >= 4 is 11.6 Å². The predicted octanol–water partition coefficient (Wildman–Crippen LogP) is 1.63. The van der Waals surface area contributed by atoms with Gasteiger partial charge in [0.2, 0.25) is 0 Å². The van der Waals surface area contributed by atoms with Gasteiger partial charge in [0.05, 0.1) is 12.7 Å². The van der Waals surface area contributed by atoms with E-state index < -0.39 is 0 Å². The number of ether oxygens (including phenoxy) is 1. The first kappa shape index (κ1) is 14.2. The molecule has 0 aromatic heterocycles. The Morgan fingerprint density at radius 1 is 1.33 bits per heavy atom. The van der Waals surface area contributed by atoms with Crippen molar-refractivity contribution in [2.45, 2.75) is 43.8 Å². The van der Waals surface area contributed by atoms with E-state index in [0.717, 1.165) is 12.8 Å². The topological polar surface area (TPSA) is 67.6 Å². The summed E-state index contributed by atoms with van der Waals surface area (Å²) in [7, 11) is 3.75. The summed E-state index contributed by atoms with van der Waals surface area (Å²) in [5.41, 5.74) is 6.88. The number of benzene rings is 1. The molecule has 2 aliphatic heterocycles. The van der Waals surface area contributed by atoms with Gasteiger partial charge in [0.1, 0.15) is 5.75 Å². The summed E-state index contributed by atoms with van der Waals surface area (Å²) in [6, 6.07) is 6.63. The SMILES string of the molecule is COc1cc(N)ccc1C(=O)NC1CC2CCC(C1)N2C. The number of amides is 1. The van der Waals surface area contributed by atoms with Crippen LogP contribution in [-0.2, 0) is 0 Å². The van der Waals surface area contributed by atoms with Crippen molar-refractivity contribution in [3.8, 4) is 5.75 Å². The van der Waals surface area contributed by atoms with Crippen LogP contribution in [-0.4, -0.2) is 43.1 Å². The third-order valence-electron chi connectivity index (χ3n) is 4.90. The molecule has 0 radical (unpaired) electrons. The fourth-order valence-corrected chi connectivity index (χ4v) is 3.69. The van der Waals surface area contributed by atoms with Crippen LogP contribution in [0.4, 0.5) is 5.69 Å². The zero-order valence-electron chi connectivity index (χ0n) is 12.6. The Bertz CT molecular complexity index is 532. The molecule has 0 saturated carbocycles. The van der Waals surface area contributed by atoms with E-state index in [4.69, 9.17) is 10.5 Å². The summed E-state index contributed by atoms with van der Waals surface area (Å²) in [5.74, 6) is 0.462. The molecule has 5 nitrogen and oxygen atoms in total. The van der Waals surface area contributed by atoms with Crippen molar-refractivity contribution in [3.63, 3.8) is 0 Å². The Balaban J connectivity index is 1.70. The number of rotatable bonds is 3. The van der Waals surface area contributed by atoms with E-state index in [0.29, 0.717) is 29.1 Å². The zero-order valence-corrected chi connectivity index (χ0v) is 12.6. The standard InChI is InChI=1S/C16H23N3O2/c1-19-12-4-5-13(19)9-11(8-12)18-16(20)14-6-3-10(17)7-15(14)21-2/h3,6-7,11-13H,4-5,8-9,17H2,1-2H3,(H,18,20). The normalized spacial score (nSPS) is 28.4. The number of hydrogen-bond donors (Lipinski definition) is 2. The monoisotopic (exact) mass is 289 g/mol. The van der Waals surface area contributed by atoms with Gasteiger partial charge in [-0.2, -0.15) is 0 Å². The quantitative estimate of drug-likeness (QED) is 0.830. The van der Waals surface area contributed by atoms with Crippen molar-refractivity contribution in [2.24, 2.45) is 0 Å². The fourth-order valence-electron chi connectivity index (χ4n) is 3.69. The highest BCUT2D eigenvalue weighted by molar-refractivity contribution is 5.97. The molecule has 2 aliphatic rings. The van der Waals surface area contributed by atoms with Gasteiger partial charge in [-0.15, -0.1) is 0 Å². The Morgan fingerprint density at radius 3 is 2.62 bits per heavy atom. The van der Waals surface area contributed by atoms with Crippen molar-refractivity contribution in [1.29, 1.82) is 0 Å². The number of hydrogen-bond acceptors (Lipinski definition) is 4. The number of nitrogens with one attached hydrogen (secondary N) is 1. The molecule has 2 unspecified atom stereocenters. The maximum absolute atomic E-state index is 12.5. The maximum Gasteiger partial charge on any atom is 0.255 e. The fraction of sp³-hybridized carbons (Fsp3) is 0.562. The van der Waals surface area contributed by atoms with Crippen LogP contribution in [0.25, 0.3) is 0 Å². The van der Waals surface area contributed by atoms with Crippen molar-refractivity contribution in [1.82, 2.24) is 10.2 Å². The molecule has 2 heterocycles. The van der Waals surface area contributed by atoms with E-state index in [-0.39, 0.29) is 11.9 Å². The van der Waals surface area contributed by atoms with Gasteiger partial charge >= 0.3 is 0 Å². The molecule has 3 rings (SSSR count). The third kappa shape index (κ3) is 2.70. The molecule has 2 bridgehead atoms. The molecule has 2 saturated heterocycles. The maximum atomic E-state index is 12.5. The number of nitrogen functional groups attached to an aromatic ring is 1. The Labute approximate surface area is 125 Å². The van der Waals surface area contributed by atoms with E-state index >= 15 is 0 Å². The van der Waals surface area contributed by atoms with Crippen LogP contribution in [0, 0.1) is 0 Å². The summed E-state index contributed by atoms with van der Waals surface area (Å²) in [4.78, 5) is 14.9. The smallest absolute Gasteiger partial charge is 0.255 e. The highest BCUT2D eigenvalue weighted by Gasteiger charge is 2.38. The molecule has 2 fully saturated rings. The summed E-state index contributed by atoms with van der Waals surface area (Å²) >= 11 is 0. The van der Waals surface area contributed by atoms with Gasteiger partial charge in [0, 0.05) is 29.9 Å². The molecule has 2 atom stereocenters. The first-order valence-electron chi connectivity index (χ1n) is 7.54. The Kier molecular flexibility index (Phi) is 3.76. The number of nitrogens with two attached hydrogens (primary N) is 1. The molecule has 114 valence electrons. The molecule has 21 heavy (non-hydrogen) atoms. The third-order valence-corrected chi connectivity index (χ3v) is 4.90. The average molecular weight is 289 g/mol.